The Labute approximate surface area is 164 Å². The number of aliphatic carboxylic acids is 2. The van der Waals surface area contributed by atoms with Crippen LogP contribution in [0.15, 0.2) is 53.3 Å². The molecule has 1 heterocycles. The zero-order valence-electron chi connectivity index (χ0n) is 14.9. The molecule has 146 valence electrons. The number of ether oxygens (including phenoxy) is 1. The Bertz CT molecular complexity index is 1020. The summed E-state index contributed by atoms with van der Waals surface area (Å²) in [5, 5.41) is 17.9. The van der Waals surface area contributed by atoms with Gasteiger partial charge < -0.3 is 14.9 Å². The molecule has 0 aliphatic rings. The zero-order valence-corrected chi connectivity index (χ0v) is 15.7. The summed E-state index contributed by atoms with van der Waals surface area (Å²) in [6.45, 7) is 0.975. The fourth-order valence-electron chi connectivity index (χ4n) is 2.88. The maximum absolute atomic E-state index is 12.1. The highest BCUT2D eigenvalue weighted by molar-refractivity contribution is 7.16. The van der Waals surface area contributed by atoms with E-state index in [9.17, 15) is 14.4 Å². The van der Waals surface area contributed by atoms with Crippen molar-refractivity contribution in [2.24, 2.45) is 5.92 Å². The van der Waals surface area contributed by atoms with Gasteiger partial charge in [0.15, 0.2) is 5.92 Å². The quantitative estimate of drug-likeness (QED) is 0.422. The average Bonchev–Trinajstić information content (AvgIpc) is 2.99. The molecule has 0 bridgehead atoms. The van der Waals surface area contributed by atoms with E-state index in [0.29, 0.717) is 30.9 Å². The van der Waals surface area contributed by atoms with Gasteiger partial charge in [-0.2, -0.15) is 0 Å². The predicted molar refractivity (Wildman–Crippen MR) is 105 cm³/mol. The summed E-state index contributed by atoms with van der Waals surface area (Å²) in [5.41, 5.74) is 1.53. The second-order valence-electron chi connectivity index (χ2n) is 6.27. The third-order valence-corrected chi connectivity index (χ3v) is 5.29. The van der Waals surface area contributed by atoms with Gasteiger partial charge in [0.25, 0.3) is 0 Å². The molecule has 3 aromatic rings. The molecule has 0 aliphatic carbocycles. The Balaban J connectivity index is 1.52. The van der Waals surface area contributed by atoms with Crippen molar-refractivity contribution in [1.82, 2.24) is 4.57 Å². The molecular weight excluding hydrogens is 382 g/mol. The van der Waals surface area contributed by atoms with Crippen molar-refractivity contribution in [3.8, 4) is 5.75 Å². The second-order valence-corrected chi connectivity index (χ2v) is 7.26. The van der Waals surface area contributed by atoms with Crippen molar-refractivity contribution in [1.29, 1.82) is 0 Å². The van der Waals surface area contributed by atoms with Crippen LogP contribution in [-0.4, -0.2) is 33.3 Å². The maximum atomic E-state index is 12.1. The van der Waals surface area contributed by atoms with Gasteiger partial charge in [0, 0.05) is 6.54 Å². The minimum absolute atomic E-state index is 0.0111. The van der Waals surface area contributed by atoms with Crippen molar-refractivity contribution in [3.63, 3.8) is 0 Å². The maximum Gasteiger partial charge on any atom is 0.318 e. The van der Waals surface area contributed by atoms with Crippen LogP contribution in [0.4, 0.5) is 0 Å². The number of thiazole rings is 1. The van der Waals surface area contributed by atoms with Gasteiger partial charge in [-0.05, 0) is 42.7 Å². The number of aryl methyl sites for hydroxylation is 1. The molecule has 28 heavy (non-hydrogen) atoms. The summed E-state index contributed by atoms with van der Waals surface area (Å²) in [6.07, 6.45) is 0.571. The molecule has 0 spiro atoms. The van der Waals surface area contributed by atoms with E-state index in [1.165, 1.54) is 11.3 Å². The number of para-hydroxylation sites is 1. The van der Waals surface area contributed by atoms with Gasteiger partial charge in [-0.3, -0.25) is 19.0 Å². The Kier molecular flexibility index (Phi) is 6.10. The minimum atomic E-state index is -1.47. The van der Waals surface area contributed by atoms with Gasteiger partial charge in [-0.15, -0.1) is 0 Å². The SMILES string of the molecule is O=C(O)C(Cc1ccc(OCCCn2c(=O)sc3ccccc32)cc1)C(=O)O. The molecule has 7 nitrogen and oxygen atoms in total. The highest BCUT2D eigenvalue weighted by atomic mass is 32.1. The lowest BCUT2D eigenvalue weighted by atomic mass is 10.00. The summed E-state index contributed by atoms with van der Waals surface area (Å²) >= 11 is 1.23. The molecule has 0 unspecified atom stereocenters. The number of aromatic nitrogens is 1. The van der Waals surface area contributed by atoms with Gasteiger partial charge in [-0.1, -0.05) is 35.6 Å². The molecule has 0 atom stereocenters. The van der Waals surface area contributed by atoms with Crippen LogP contribution in [0.2, 0.25) is 0 Å². The number of carboxylic acid groups (broad SMARTS) is 2. The van der Waals surface area contributed by atoms with Crippen molar-refractivity contribution in [3.05, 3.63) is 63.8 Å². The zero-order chi connectivity index (χ0) is 20.1. The van der Waals surface area contributed by atoms with Crippen molar-refractivity contribution >= 4 is 33.5 Å². The van der Waals surface area contributed by atoms with E-state index in [2.05, 4.69) is 0 Å². The minimum Gasteiger partial charge on any atom is -0.494 e. The molecule has 2 aromatic carbocycles. The number of carboxylic acids is 2. The Morgan fingerprint density at radius 3 is 2.39 bits per heavy atom. The van der Waals surface area contributed by atoms with Crippen LogP contribution < -0.4 is 9.61 Å². The van der Waals surface area contributed by atoms with Crippen LogP contribution in [0.25, 0.3) is 10.2 Å². The van der Waals surface area contributed by atoms with Crippen LogP contribution in [0.3, 0.4) is 0 Å². The van der Waals surface area contributed by atoms with Gasteiger partial charge in [0.2, 0.25) is 0 Å². The van der Waals surface area contributed by atoms with E-state index < -0.39 is 17.9 Å². The normalized spacial score (nSPS) is 11.0. The van der Waals surface area contributed by atoms with Crippen molar-refractivity contribution in [2.75, 3.05) is 6.61 Å². The van der Waals surface area contributed by atoms with Crippen molar-refractivity contribution in [2.45, 2.75) is 19.4 Å². The van der Waals surface area contributed by atoms with Crippen LogP contribution in [0, 0.1) is 5.92 Å². The lowest BCUT2D eigenvalue weighted by molar-refractivity contribution is -0.154. The van der Waals surface area contributed by atoms with Gasteiger partial charge >= 0.3 is 16.8 Å². The first kappa shape index (κ1) is 19.6. The Morgan fingerprint density at radius 1 is 1.04 bits per heavy atom. The lowest BCUT2D eigenvalue weighted by Gasteiger charge is -2.10. The molecule has 3 rings (SSSR count). The fraction of sp³-hybridized carbons (Fsp3) is 0.250. The van der Waals surface area contributed by atoms with Gasteiger partial charge in [-0.25, -0.2) is 0 Å². The fourth-order valence-corrected chi connectivity index (χ4v) is 3.79. The largest absolute Gasteiger partial charge is 0.494 e. The summed E-state index contributed by atoms with van der Waals surface area (Å²) in [7, 11) is 0. The summed E-state index contributed by atoms with van der Waals surface area (Å²) in [5.74, 6) is -3.58. The number of rotatable bonds is 9. The van der Waals surface area contributed by atoms with E-state index in [1.807, 2.05) is 24.3 Å². The number of nitrogens with zero attached hydrogens (tertiary/aromatic N) is 1. The molecule has 0 aliphatic heterocycles. The van der Waals surface area contributed by atoms with Crippen LogP contribution in [0.5, 0.6) is 5.75 Å². The monoisotopic (exact) mass is 401 g/mol. The number of hydrogen-bond acceptors (Lipinski definition) is 5. The molecule has 0 amide bonds. The van der Waals surface area contributed by atoms with Crippen LogP contribution in [0.1, 0.15) is 12.0 Å². The summed E-state index contributed by atoms with van der Waals surface area (Å²) in [6, 6.07) is 14.3. The summed E-state index contributed by atoms with van der Waals surface area (Å²) in [4.78, 5) is 34.0. The third-order valence-electron chi connectivity index (χ3n) is 4.33. The number of fused-ring (bicyclic) bond motifs is 1. The predicted octanol–water partition coefficient (Wildman–Crippen LogP) is 2.86. The molecular formula is C20H19NO6S. The standard InChI is InChI=1S/C20H19NO6S/c22-18(23)15(19(24)25)12-13-6-8-14(9-7-13)27-11-3-10-21-16-4-1-2-5-17(16)28-20(21)26/h1-2,4-9,15H,3,10-12H2,(H,22,23)(H,24,25). The molecule has 0 radical (unpaired) electrons. The Hall–Kier alpha value is -3.13. The molecule has 2 N–H and O–H groups in total. The van der Waals surface area contributed by atoms with Crippen LogP contribution in [-0.2, 0) is 22.6 Å². The average molecular weight is 401 g/mol. The number of carbonyl (C=O) groups is 2. The molecule has 0 fully saturated rings. The van der Waals surface area contributed by atoms with E-state index in [4.69, 9.17) is 14.9 Å². The molecule has 8 heteroatoms. The van der Waals surface area contributed by atoms with Gasteiger partial charge in [0.05, 0.1) is 16.8 Å². The van der Waals surface area contributed by atoms with E-state index in [0.717, 1.165) is 10.2 Å². The van der Waals surface area contributed by atoms with Gasteiger partial charge in [0.1, 0.15) is 5.75 Å². The first-order valence-corrected chi connectivity index (χ1v) is 9.53. The first-order valence-electron chi connectivity index (χ1n) is 8.71. The molecule has 0 saturated carbocycles. The lowest BCUT2D eigenvalue weighted by Crippen LogP contribution is -2.25. The highest BCUT2D eigenvalue weighted by Crippen LogP contribution is 2.18. The first-order chi connectivity index (χ1) is 13.5. The van der Waals surface area contributed by atoms with E-state index >= 15 is 0 Å². The van der Waals surface area contributed by atoms with E-state index in [-0.39, 0.29) is 11.3 Å². The van der Waals surface area contributed by atoms with Crippen molar-refractivity contribution < 1.29 is 24.5 Å². The number of hydrogen-bond donors (Lipinski definition) is 2. The smallest absolute Gasteiger partial charge is 0.318 e. The van der Waals surface area contributed by atoms with E-state index in [1.54, 1.807) is 28.8 Å². The summed E-state index contributed by atoms with van der Waals surface area (Å²) < 4.78 is 8.37. The number of benzene rings is 2. The molecule has 1 aromatic heterocycles. The topological polar surface area (TPSA) is 106 Å². The molecule has 0 saturated heterocycles. The highest BCUT2D eigenvalue weighted by Gasteiger charge is 2.25. The second kappa shape index (κ2) is 8.71. The van der Waals surface area contributed by atoms with Crippen LogP contribution >= 0.6 is 11.3 Å². The Morgan fingerprint density at radius 2 is 1.71 bits per heavy atom. The third kappa shape index (κ3) is 4.58.